The van der Waals surface area contributed by atoms with Gasteiger partial charge in [-0.15, -0.1) is 0 Å². The molecule has 2 N–H and O–H groups in total. The maximum atomic E-state index is 13.2. The molecular formula is C10H15FN2. The van der Waals surface area contributed by atoms with E-state index in [1.54, 1.807) is 19.1 Å². The molecule has 2 nitrogen and oxygen atoms in total. The Morgan fingerprint density at radius 1 is 1.38 bits per heavy atom. The van der Waals surface area contributed by atoms with E-state index in [1.807, 2.05) is 19.0 Å². The molecule has 1 aromatic carbocycles. The van der Waals surface area contributed by atoms with Crippen LogP contribution < -0.4 is 10.6 Å². The van der Waals surface area contributed by atoms with Gasteiger partial charge in [0.15, 0.2) is 0 Å². The lowest BCUT2D eigenvalue weighted by Gasteiger charge is -2.15. The monoisotopic (exact) mass is 182 g/mol. The van der Waals surface area contributed by atoms with Crippen LogP contribution in [0.25, 0.3) is 0 Å². The lowest BCUT2D eigenvalue weighted by atomic mass is 10.1. The first kappa shape index (κ1) is 9.99. The van der Waals surface area contributed by atoms with Crippen LogP contribution in [0.4, 0.5) is 10.1 Å². The van der Waals surface area contributed by atoms with Crippen molar-refractivity contribution in [2.45, 2.75) is 13.0 Å². The fourth-order valence-electron chi connectivity index (χ4n) is 1.16. The second-order valence-corrected chi connectivity index (χ2v) is 3.39. The Kier molecular flexibility index (Phi) is 2.88. The molecule has 0 amide bonds. The van der Waals surface area contributed by atoms with E-state index < -0.39 is 0 Å². The zero-order chi connectivity index (χ0) is 10.0. The van der Waals surface area contributed by atoms with Crippen molar-refractivity contribution in [3.8, 4) is 0 Å². The molecule has 0 saturated carbocycles. The van der Waals surface area contributed by atoms with Crippen molar-refractivity contribution in [3.63, 3.8) is 0 Å². The molecule has 1 atom stereocenters. The van der Waals surface area contributed by atoms with Gasteiger partial charge in [-0.1, -0.05) is 0 Å². The predicted molar refractivity (Wildman–Crippen MR) is 53.3 cm³/mol. The quantitative estimate of drug-likeness (QED) is 0.757. The van der Waals surface area contributed by atoms with E-state index in [9.17, 15) is 4.39 Å². The zero-order valence-electron chi connectivity index (χ0n) is 8.21. The highest BCUT2D eigenvalue weighted by atomic mass is 19.1. The van der Waals surface area contributed by atoms with E-state index in [0.29, 0.717) is 5.56 Å². The van der Waals surface area contributed by atoms with Crippen LogP contribution in [-0.4, -0.2) is 14.1 Å². The van der Waals surface area contributed by atoms with Crippen LogP contribution in [0, 0.1) is 5.82 Å². The molecule has 72 valence electrons. The molecule has 3 heteroatoms. The Hall–Kier alpha value is -1.09. The Morgan fingerprint density at radius 2 is 2.00 bits per heavy atom. The third-order valence-corrected chi connectivity index (χ3v) is 1.99. The number of nitrogens with two attached hydrogens (primary N) is 1. The summed E-state index contributed by atoms with van der Waals surface area (Å²) in [7, 11) is 3.83. The van der Waals surface area contributed by atoms with Crippen molar-refractivity contribution in [3.05, 3.63) is 29.6 Å². The minimum Gasteiger partial charge on any atom is -0.378 e. The predicted octanol–water partition coefficient (Wildman–Crippen LogP) is 1.91. The lowest BCUT2D eigenvalue weighted by molar-refractivity contribution is 0.594. The summed E-state index contributed by atoms with van der Waals surface area (Å²) in [6, 6.07) is 4.70. The second-order valence-electron chi connectivity index (χ2n) is 3.39. The van der Waals surface area contributed by atoms with Crippen molar-refractivity contribution < 1.29 is 4.39 Å². The number of nitrogens with zero attached hydrogens (tertiary/aromatic N) is 1. The standard InChI is InChI=1S/C10H15FN2/c1-7(12)9-6-8(13(2)3)4-5-10(9)11/h4-7H,12H2,1-3H3. The number of anilines is 1. The molecule has 0 fully saturated rings. The Balaban J connectivity index is 3.11. The lowest BCUT2D eigenvalue weighted by Crippen LogP contribution is -2.12. The van der Waals surface area contributed by atoms with E-state index in [2.05, 4.69) is 0 Å². The van der Waals surface area contributed by atoms with Crippen LogP contribution in [0.3, 0.4) is 0 Å². The number of benzene rings is 1. The van der Waals surface area contributed by atoms with Crippen molar-refractivity contribution in [2.75, 3.05) is 19.0 Å². The van der Waals surface area contributed by atoms with Crippen LogP contribution >= 0.6 is 0 Å². The molecule has 0 radical (unpaired) electrons. The Bertz CT molecular complexity index is 295. The number of halogens is 1. The molecule has 0 saturated heterocycles. The van der Waals surface area contributed by atoms with Crippen molar-refractivity contribution in [1.82, 2.24) is 0 Å². The average Bonchev–Trinajstić information content (AvgIpc) is 2.04. The van der Waals surface area contributed by atoms with Gasteiger partial charge < -0.3 is 10.6 Å². The molecule has 0 bridgehead atoms. The minimum atomic E-state index is -0.264. The molecule has 1 unspecified atom stereocenters. The number of hydrogen-bond donors (Lipinski definition) is 1. The molecule has 0 aliphatic carbocycles. The van der Waals surface area contributed by atoms with Crippen molar-refractivity contribution in [1.29, 1.82) is 0 Å². The first-order chi connectivity index (χ1) is 6.02. The summed E-state index contributed by atoms with van der Waals surface area (Å²) in [5.41, 5.74) is 7.15. The fourth-order valence-corrected chi connectivity index (χ4v) is 1.16. The van der Waals surface area contributed by atoms with Gasteiger partial charge in [0, 0.05) is 31.4 Å². The van der Waals surface area contributed by atoms with Crippen LogP contribution in [0.1, 0.15) is 18.5 Å². The third kappa shape index (κ3) is 2.18. The second kappa shape index (κ2) is 3.75. The van der Waals surface area contributed by atoms with Gasteiger partial charge in [0.25, 0.3) is 0 Å². The smallest absolute Gasteiger partial charge is 0.128 e. The van der Waals surface area contributed by atoms with Crippen molar-refractivity contribution in [2.24, 2.45) is 5.73 Å². The van der Waals surface area contributed by atoms with E-state index in [4.69, 9.17) is 5.73 Å². The molecule has 0 spiro atoms. The van der Waals surface area contributed by atoms with E-state index in [-0.39, 0.29) is 11.9 Å². The molecule has 1 aromatic rings. The first-order valence-electron chi connectivity index (χ1n) is 4.24. The maximum Gasteiger partial charge on any atom is 0.128 e. The van der Waals surface area contributed by atoms with Gasteiger partial charge in [-0.05, 0) is 25.1 Å². The molecule has 13 heavy (non-hydrogen) atoms. The molecule has 0 aliphatic rings. The molecule has 0 aromatic heterocycles. The summed E-state index contributed by atoms with van der Waals surface area (Å²) in [6.07, 6.45) is 0. The fraction of sp³-hybridized carbons (Fsp3) is 0.400. The SMILES string of the molecule is CC(N)c1cc(N(C)C)ccc1F. The van der Waals surface area contributed by atoms with Crippen LogP contribution in [0.2, 0.25) is 0 Å². The van der Waals surface area contributed by atoms with Crippen LogP contribution in [0.5, 0.6) is 0 Å². The molecule has 0 aliphatic heterocycles. The number of rotatable bonds is 2. The summed E-state index contributed by atoms with van der Waals surface area (Å²) in [5.74, 6) is -0.236. The van der Waals surface area contributed by atoms with Crippen LogP contribution in [-0.2, 0) is 0 Å². The van der Waals surface area contributed by atoms with Gasteiger partial charge in [0.1, 0.15) is 5.82 Å². The van der Waals surface area contributed by atoms with Gasteiger partial charge in [-0.2, -0.15) is 0 Å². The van der Waals surface area contributed by atoms with Crippen molar-refractivity contribution >= 4 is 5.69 Å². The van der Waals surface area contributed by atoms with E-state index >= 15 is 0 Å². The largest absolute Gasteiger partial charge is 0.378 e. The summed E-state index contributed by atoms with van der Waals surface area (Å²) in [6.45, 7) is 1.78. The van der Waals surface area contributed by atoms with Gasteiger partial charge in [-0.25, -0.2) is 4.39 Å². The summed E-state index contributed by atoms with van der Waals surface area (Å²) >= 11 is 0. The highest BCUT2D eigenvalue weighted by Crippen LogP contribution is 2.20. The van der Waals surface area contributed by atoms with E-state index in [0.717, 1.165) is 5.69 Å². The maximum absolute atomic E-state index is 13.2. The molecular weight excluding hydrogens is 167 g/mol. The van der Waals surface area contributed by atoms with Gasteiger partial charge in [0.2, 0.25) is 0 Å². The summed E-state index contributed by atoms with van der Waals surface area (Å²) < 4.78 is 13.2. The average molecular weight is 182 g/mol. The normalized spacial score (nSPS) is 12.7. The topological polar surface area (TPSA) is 29.3 Å². The minimum absolute atomic E-state index is 0.236. The first-order valence-corrected chi connectivity index (χ1v) is 4.24. The summed E-state index contributed by atoms with van der Waals surface area (Å²) in [5, 5.41) is 0. The highest BCUT2D eigenvalue weighted by Gasteiger charge is 2.08. The molecule has 0 heterocycles. The number of hydrogen-bond acceptors (Lipinski definition) is 2. The van der Waals surface area contributed by atoms with E-state index in [1.165, 1.54) is 6.07 Å². The highest BCUT2D eigenvalue weighted by molar-refractivity contribution is 5.48. The Labute approximate surface area is 78.2 Å². The summed E-state index contributed by atoms with van der Waals surface area (Å²) in [4.78, 5) is 1.92. The van der Waals surface area contributed by atoms with Gasteiger partial charge in [0.05, 0.1) is 0 Å². The zero-order valence-corrected chi connectivity index (χ0v) is 8.21. The molecule has 1 rings (SSSR count). The van der Waals surface area contributed by atoms with Gasteiger partial charge in [-0.3, -0.25) is 0 Å². The third-order valence-electron chi connectivity index (χ3n) is 1.99. The van der Waals surface area contributed by atoms with Crippen LogP contribution in [0.15, 0.2) is 18.2 Å². The van der Waals surface area contributed by atoms with Gasteiger partial charge >= 0.3 is 0 Å². The Morgan fingerprint density at radius 3 is 2.46 bits per heavy atom.